The van der Waals surface area contributed by atoms with Gasteiger partial charge in [0.2, 0.25) is 0 Å². The maximum absolute atomic E-state index is 13.1. The van der Waals surface area contributed by atoms with Crippen molar-refractivity contribution in [1.82, 2.24) is 0 Å². The van der Waals surface area contributed by atoms with Crippen molar-refractivity contribution in [2.45, 2.75) is 19.8 Å². The SMILES string of the molecule is CCC1C=CC(c2ccc(F)c(F)c2)=CC1. The maximum Gasteiger partial charge on any atom is 0.159 e. The van der Waals surface area contributed by atoms with Crippen LogP contribution in [0.1, 0.15) is 25.3 Å². The highest BCUT2D eigenvalue weighted by Gasteiger charge is 2.09. The van der Waals surface area contributed by atoms with Gasteiger partial charge in [-0.05, 0) is 42.0 Å². The fourth-order valence-electron chi connectivity index (χ4n) is 1.86. The molecule has 16 heavy (non-hydrogen) atoms. The summed E-state index contributed by atoms with van der Waals surface area (Å²) in [5, 5.41) is 0. The molecular formula is C14H14F2. The highest BCUT2D eigenvalue weighted by atomic mass is 19.2. The summed E-state index contributed by atoms with van der Waals surface area (Å²) >= 11 is 0. The molecule has 0 spiro atoms. The number of allylic oxidation sites excluding steroid dienone is 4. The minimum atomic E-state index is -0.796. The van der Waals surface area contributed by atoms with Crippen LogP contribution in [0.4, 0.5) is 8.78 Å². The summed E-state index contributed by atoms with van der Waals surface area (Å²) in [6.07, 6.45) is 8.29. The third-order valence-corrected chi connectivity index (χ3v) is 2.97. The fraction of sp³-hybridized carbons (Fsp3) is 0.286. The molecule has 84 valence electrons. The van der Waals surface area contributed by atoms with Gasteiger partial charge in [-0.1, -0.05) is 31.2 Å². The van der Waals surface area contributed by atoms with Crippen LogP contribution in [-0.4, -0.2) is 0 Å². The van der Waals surface area contributed by atoms with Crippen molar-refractivity contribution in [3.05, 3.63) is 53.6 Å². The van der Waals surface area contributed by atoms with E-state index < -0.39 is 11.6 Å². The molecule has 0 fully saturated rings. The van der Waals surface area contributed by atoms with Crippen molar-refractivity contribution in [3.8, 4) is 0 Å². The van der Waals surface area contributed by atoms with Gasteiger partial charge in [0.25, 0.3) is 0 Å². The van der Waals surface area contributed by atoms with Crippen LogP contribution in [0.15, 0.2) is 36.4 Å². The van der Waals surface area contributed by atoms with E-state index in [9.17, 15) is 8.78 Å². The average molecular weight is 220 g/mol. The normalized spacial score (nSPS) is 19.7. The van der Waals surface area contributed by atoms with Crippen LogP contribution in [0.3, 0.4) is 0 Å². The summed E-state index contributed by atoms with van der Waals surface area (Å²) in [6, 6.07) is 4.03. The van der Waals surface area contributed by atoms with E-state index >= 15 is 0 Å². The molecule has 0 aliphatic heterocycles. The van der Waals surface area contributed by atoms with Gasteiger partial charge in [-0.3, -0.25) is 0 Å². The second-order valence-electron chi connectivity index (χ2n) is 4.05. The molecule has 1 aliphatic rings. The van der Waals surface area contributed by atoms with Crippen molar-refractivity contribution >= 4 is 5.57 Å². The fourth-order valence-corrected chi connectivity index (χ4v) is 1.86. The van der Waals surface area contributed by atoms with Crippen LogP contribution < -0.4 is 0 Å². The third kappa shape index (κ3) is 2.21. The molecule has 0 radical (unpaired) electrons. The van der Waals surface area contributed by atoms with E-state index in [1.807, 2.05) is 6.08 Å². The molecule has 1 unspecified atom stereocenters. The third-order valence-electron chi connectivity index (χ3n) is 2.97. The number of rotatable bonds is 2. The topological polar surface area (TPSA) is 0 Å². The molecule has 0 heterocycles. The van der Waals surface area contributed by atoms with Gasteiger partial charge in [-0.15, -0.1) is 0 Å². The smallest absolute Gasteiger partial charge is 0.159 e. The largest absolute Gasteiger partial charge is 0.204 e. The first-order valence-corrected chi connectivity index (χ1v) is 5.54. The van der Waals surface area contributed by atoms with Gasteiger partial charge in [0.15, 0.2) is 11.6 Å². The van der Waals surface area contributed by atoms with Gasteiger partial charge < -0.3 is 0 Å². The Morgan fingerprint density at radius 2 is 2.06 bits per heavy atom. The lowest BCUT2D eigenvalue weighted by atomic mass is 9.91. The Hall–Kier alpha value is -1.44. The first kappa shape index (κ1) is 11.1. The van der Waals surface area contributed by atoms with Gasteiger partial charge in [-0.25, -0.2) is 8.78 Å². The minimum absolute atomic E-state index is 0.578. The van der Waals surface area contributed by atoms with Gasteiger partial charge >= 0.3 is 0 Å². The summed E-state index contributed by atoms with van der Waals surface area (Å²) < 4.78 is 25.8. The van der Waals surface area contributed by atoms with E-state index in [1.54, 1.807) is 6.07 Å². The van der Waals surface area contributed by atoms with Crippen LogP contribution >= 0.6 is 0 Å². The molecule has 2 heteroatoms. The Labute approximate surface area is 94.3 Å². The Morgan fingerprint density at radius 1 is 1.25 bits per heavy atom. The monoisotopic (exact) mass is 220 g/mol. The molecule has 1 aromatic carbocycles. The predicted molar refractivity (Wildman–Crippen MR) is 61.9 cm³/mol. The number of halogens is 2. The second-order valence-corrected chi connectivity index (χ2v) is 4.05. The van der Waals surface area contributed by atoms with E-state index in [-0.39, 0.29) is 0 Å². The Morgan fingerprint density at radius 3 is 2.62 bits per heavy atom. The van der Waals surface area contributed by atoms with Crippen LogP contribution in [0, 0.1) is 17.6 Å². The highest BCUT2D eigenvalue weighted by molar-refractivity contribution is 5.74. The first-order chi connectivity index (χ1) is 7.70. The summed E-state index contributed by atoms with van der Waals surface area (Å²) in [6.45, 7) is 2.14. The maximum atomic E-state index is 13.1. The van der Waals surface area contributed by atoms with Gasteiger partial charge in [0, 0.05) is 0 Å². The lowest BCUT2D eigenvalue weighted by Gasteiger charge is -2.14. The molecule has 2 rings (SSSR count). The van der Waals surface area contributed by atoms with Crippen molar-refractivity contribution in [2.75, 3.05) is 0 Å². The standard InChI is InChI=1S/C14H14F2/c1-2-10-3-5-11(6-4-10)12-7-8-13(15)14(16)9-12/h3,5-10H,2,4H2,1H3. The molecule has 0 N–H and O–H groups in total. The summed E-state index contributed by atoms with van der Waals surface area (Å²) in [5.74, 6) is -1.01. The Bertz CT molecular complexity index is 444. The van der Waals surface area contributed by atoms with Crippen LogP contribution in [0.5, 0.6) is 0 Å². The molecule has 0 aromatic heterocycles. The van der Waals surface area contributed by atoms with Crippen molar-refractivity contribution in [3.63, 3.8) is 0 Å². The molecule has 1 aliphatic carbocycles. The zero-order valence-corrected chi connectivity index (χ0v) is 9.21. The predicted octanol–water partition coefficient (Wildman–Crippen LogP) is 4.33. The van der Waals surface area contributed by atoms with Gasteiger partial charge in [-0.2, -0.15) is 0 Å². The van der Waals surface area contributed by atoms with Gasteiger partial charge in [0.05, 0.1) is 0 Å². The molecule has 0 saturated heterocycles. The zero-order valence-electron chi connectivity index (χ0n) is 9.21. The first-order valence-electron chi connectivity index (χ1n) is 5.54. The van der Waals surface area contributed by atoms with Crippen molar-refractivity contribution in [1.29, 1.82) is 0 Å². The Kier molecular flexibility index (Phi) is 3.18. The number of benzene rings is 1. The number of hydrogen-bond donors (Lipinski definition) is 0. The molecule has 0 amide bonds. The number of hydrogen-bond acceptors (Lipinski definition) is 0. The highest BCUT2D eigenvalue weighted by Crippen LogP contribution is 2.26. The molecule has 1 aromatic rings. The van der Waals surface area contributed by atoms with Crippen molar-refractivity contribution < 1.29 is 8.78 Å². The lowest BCUT2D eigenvalue weighted by Crippen LogP contribution is -1.98. The lowest BCUT2D eigenvalue weighted by molar-refractivity contribution is 0.508. The summed E-state index contributed by atoms with van der Waals surface area (Å²) in [7, 11) is 0. The van der Waals surface area contributed by atoms with Crippen LogP contribution in [0.2, 0.25) is 0 Å². The van der Waals surface area contributed by atoms with Crippen LogP contribution in [-0.2, 0) is 0 Å². The molecular weight excluding hydrogens is 206 g/mol. The van der Waals surface area contributed by atoms with E-state index in [4.69, 9.17) is 0 Å². The van der Waals surface area contributed by atoms with Gasteiger partial charge in [0.1, 0.15) is 0 Å². The summed E-state index contributed by atoms with van der Waals surface area (Å²) in [5.41, 5.74) is 1.72. The van der Waals surface area contributed by atoms with E-state index in [1.165, 1.54) is 12.1 Å². The second kappa shape index (κ2) is 4.60. The molecule has 0 bridgehead atoms. The molecule has 0 nitrogen and oxygen atoms in total. The molecule has 1 atom stereocenters. The van der Waals surface area contributed by atoms with Crippen LogP contribution in [0.25, 0.3) is 5.57 Å². The summed E-state index contributed by atoms with van der Waals surface area (Å²) in [4.78, 5) is 0. The quantitative estimate of drug-likeness (QED) is 0.695. The molecule has 0 saturated carbocycles. The Balaban J connectivity index is 2.23. The zero-order chi connectivity index (χ0) is 11.5. The van der Waals surface area contributed by atoms with E-state index in [0.29, 0.717) is 5.92 Å². The minimum Gasteiger partial charge on any atom is -0.204 e. The average Bonchev–Trinajstić information content (AvgIpc) is 2.33. The van der Waals surface area contributed by atoms with Crippen molar-refractivity contribution in [2.24, 2.45) is 5.92 Å². The van der Waals surface area contributed by atoms with E-state index in [0.717, 1.165) is 24.0 Å². The van der Waals surface area contributed by atoms with E-state index in [2.05, 4.69) is 19.1 Å².